The van der Waals surface area contributed by atoms with E-state index in [1.807, 2.05) is 19.1 Å². The van der Waals surface area contributed by atoms with Crippen molar-refractivity contribution in [1.82, 2.24) is 24.9 Å². The first kappa shape index (κ1) is 20.4. The summed E-state index contributed by atoms with van der Waals surface area (Å²) >= 11 is 0. The second kappa shape index (κ2) is 8.21. The number of oxazole rings is 1. The molecule has 5 rings (SSSR count). The fraction of sp³-hybridized carbons (Fsp3) is 0.0833. The molecule has 162 valence electrons. The Hall–Kier alpha value is -4.50. The zero-order chi connectivity index (χ0) is 22.8. The van der Waals surface area contributed by atoms with E-state index in [2.05, 4.69) is 30.2 Å². The van der Waals surface area contributed by atoms with Crippen LogP contribution in [0.5, 0.6) is 0 Å². The third-order valence-electron chi connectivity index (χ3n) is 5.37. The maximum absolute atomic E-state index is 13.4. The van der Waals surface area contributed by atoms with Gasteiger partial charge in [0.25, 0.3) is 11.5 Å². The molecule has 0 saturated carbocycles. The first-order chi connectivity index (χ1) is 16.1. The Morgan fingerprint density at radius 2 is 1.76 bits per heavy atom. The Morgan fingerprint density at radius 3 is 2.55 bits per heavy atom. The van der Waals surface area contributed by atoms with E-state index in [9.17, 15) is 9.90 Å². The van der Waals surface area contributed by atoms with Crippen molar-refractivity contribution in [2.45, 2.75) is 12.5 Å². The van der Waals surface area contributed by atoms with Crippen molar-refractivity contribution in [1.29, 1.82) is 0 Å². The molecule has 5 aromatic rings. The van der Waals surface area contributed by atoms with Gasteiger partial charge in [-0.05, 0) is 36.8 Å². The topological polar surface area (TPSA) is 127 Å². The highest BCUT2D eigenvalue weighted by molar-refractivity contribution is 6.01. The average Bonchev–Trinajstić information content (AvgIpc) is 3.41. The van der Waals surface area contributed by atoms with Crippen LogP contribution in [0.15, 0.2) is 84.4 Å². The van der Waals surface area contributed by atoms with Gasteiger partial charge in [-0.15, -0.1) is 0 Å². The van der Waals surface area contributed by atoms with Gasteiger partial charge in [-0.25, -0.2) is 4.98 Å². The van der Waals surface area contributed by atoms with Crippen molar-refractivity contribution in [2.24, 2.45) is 0 Å². The van der Waals surface area contributed by atoms with Crippen LogP contribution < -0.4 is 5.32 Å². The van der Waals surface area contributed by atoms with Gasteiger partial charge in [0.2, 0.25) is 5.89 Å². The number of aliphatic hydroxyl groups is 1. The summed E-state index contributed by atoms with van der Waals surface area (Å²) in [5.74, 6) is -0.970. The SMILES string of the molecule is Cc1c(NC(=O)[C@](O)(c2ccccn2)c2ncco2)cncc1-c1cncc2cccnc12. The van der Waals surface area contributed by atoms with Crippen molar-refractivity contribution < 1.29 is 14.3 Å². The van der Waals surface area contributed by atoms with Crippen molar-refractivity contribution >= 4 is 22.5 Å². The second-order valence-electron chi connectivity index (χ2n) is 7.34. The number of hydrogen-bond acceptors (Lipinski definition) is 8. The molecule has 9 nitrogen and oxygen atoms in total. The highest BCUT2D eigenvalue weighted by Crippen LogP contribution is 2.33. The molecule has 5 heterocycles. The Labute approximate surface area is 188 Å². The molecule has 5 aromatic heterocycles. The third kappa shape index (κ3) is 3.50. The summed E-state index contributed by atoms with van der Waals surface area (Å²) in [5, 5.41) is 15.1. The summed E-state index contributed by atoms with van der Waals surface area (Å²) in [6.45, 7) is 1.85. The Bertz CT molecular complexity index is 1430. The predicted octanol–water partition coefficient (Wildman–Crippen LogP) is 3.26. The molecule has 0 bridgehead atoms. The molecule has 0 aromatic carbocycles. The van der Waals surface area contributed by atoms with Crippen LogP contribution >= 0.6 is 0 Å². The number of anilines is 1. The summed E-state index contributed by atoms with van der Waals surface area (Å²) in [6.07, 6.45) is 12.5. The Morgan fingerprint density at radius 1 is 0.939 bits per heavy atom. The molecule has 9 heteroatoms. The molecule has 33 heavy (non-hydrogen) atoms. The smallest absolute Gasteiger partial charge is 0.272 e. The number of carbonyl (C=O) groups excluding carboxylic acids is 1. The number of hydrogen-bond donors (Lipinski definition) is 2. The molecule has 1 amide bonds. The minimum Gasteiger partial charge on any atom is -0.445 e. The first-order valence-corrected chi connectivity index (χ1v) is 10.1. The van der Waals surface area contributed by atoms with Gasteiger partial charge in [0.1, 0.15) is 6.26 Å². The summed E-state index contributed by atoms with van der Waals surface area (Å²) < 4.78 is 5.29. The first-order valence-electron chi connectivity index (χ1n) is 10.1. The molecule has 2 N–H and O–H groups in total. The molecular formula is C24H18N6O3. The van der Waals surface area contributed by atoms with Crippen LogP contribution in [0.1, 0.15) is 17.1 Å². The van der Waals surface area contributed by atoms with Gasteiger partial charge in [0, 0.05) is 47.5 Å². The minimum absolute atomic E-state index is 0.0779. The van der Waals surface area contributed by atoms with Gasteiger partial charge in [0.15, 0.2) is 0 Å². The molecule has 0 unspecified atom stereocenters. The highest BCUT2D eigenvalue weighted by Gasteiger charge is 2.46. The number of amides is 1. The lowest BCUT2D eigenvalue weighted by molar-refractivity contribution is -0.133. The van der Waals surface area contributed by atoms with E-state index in [4.69, 9.17) is 4.42 Å². The molecule has 0 aliphatic heterocycles. The van der Waals surface area contributed by atoms with Gasteiger partial charge in [-0.3, -0.25) is 24.7 Å². The van der Waals surface area contributed by atoms with Crippen LogP contribution in [-0.4, -0.2) is 35.9 Å². The highest BCUT2D eigenvalue weighted by atomic mass is 16.4. The van der Waals surface area contributed by atoms with E-state index < -0.39 is 11.5 Å². The maximum Gasteiger partial charge on any atom is 0.272 e. The van der Waals surface area contributed by atoms with Crippen molar-refractivity contribution in [3.05, 3.63) is 97.1 Å². The Kier molecular flexibility index (Phi) is 5.08. The fourth-order valence-corrected chi connectivity index (χ4v) is 3.63. The minimum atomic E-state index is -2.24. The van der Waals surface area contributed by atoms with E-state index in [0.29, 0.717) is 5.69 Å². The van der Waals surface area contributed by atoms with Gasteiger partial charge in [-0.2, -0.15) is 0 Å². The zero-order valence-corrected chi connectivity index (χ0v) is 17.5. The third-order valence-corrected chi connectivity index (χ3v) is 5.37. The number of nitrogens with one attached hydrogen (secondary N) is 1. The molecule has 0 aliphatic carbocycles. The van der Waals surface area contributed by atoms with Crippen LogP contribution in [0.2, 0.25) is 0 Å². The number of fused-ring (bicyclic) bond motifs is 1. The molecule has 0 radical (unpaired) electrons. The molecule has 0 spiro atoms. The van der Waals surface area contributed by atoms with E-state index in [0.717, 1.165) is 27.6 Å². The molecule has 0 fully saturated rings. The predicted molar refractivity (Wildman–Crippen MR) is 120 cm³/mol. The summed E-state index contributed by atoms with van der Waals surface area (Å²) in [7, 11) is 0. The summed E-state index contributed by atoms with van der Waals surface area (Å²) in [6, 6.07) is 8.64. The summed E-state index contributed by atoms with van der Waals surface area (Å²) in [5.41, 5.74) is 1.28. The van der Waals surface area contributed by atoms with E-state index in [-0.39, 0.29) is 11.6 Å². The van der Waals surface area contributed by atoms with Crippen LogP contribution in [0.3, 0.4) is 0 Å². The van der Waals surface area contributed by atoms with E-state index in [1.165, 1.54) is 30.9 Å². The van der Waals surface area contributed by atoms with Gasteiger partial charge in [-0.1, -0.05) is 6.07 Å². The van der Waals surface area contributed by atoms with Crippen LogP contribution in [-0.2, 0) is 10.4 Å². The largest absolute Gasteiger partial charge is 0.445 e. The van der Waals surface area contributed by atoms with Crippen LogP contribution in [0, 0.1) is 6.92 Å². The maximum atomic E-state index is 13.4. The quantitative estimate of drug-likeness (QED) is 0.428. The lowest BCUT2D eigenvalue weighted by Crippen LogP contribution is -2.42. The second-order valence-corrected chi connectivity index (χ2v) is 7.34. The lowest BCUT2D eigenvalue weighted by Gasteiger charge is -2.23. The van der Waals surface area contributed by atoms with Gasteiger partial charge >= 0.3 is 0 Å². The van der Waals surface area contributed by atoms with E-state index >= 15 is 0 Å². The average molecular weight is 438 g/mol. The monoisotopic (exact) mass is 438 g/mol. The number of carbonyl (C=O) groups is 1. The molecular weight excluding hydrogens is 420 g/mol. The normalized spacial score (nSPS) is 12.9. The number of rotatable bonds is 5. The van der Waals surface area contributed by atoms with Crippen molar-refractivity contribution in [3.8, 4) is 11.1 Å². The number of aromatic nitrogens is 5. The van der Waals surface area contributed by atoms with Crippen LogP contribution in [0.25, 0.3) is 22.0 Å². The van der Waals surface area contributed by atoms with Crippen molar-refractivity contribution in [3.63, 3.8) is 0 Å². The van der Waals surface area contributed by atoms with Gasteiger partial charge < -0.3 is 14.8 Å². The molecule has 0 aliphatic rings. The van der Waals surface area contributed by atoms with Crippen molar-refractivity contribution in [2.75, 3.05) is 5.32 Å². The zero-order valence-electron chi connectivity index (χ0n) is 17.5. The molecule has 0 saturated heterocycles. The Balaban J connectivity index is 1.57. The lowest BCUT2D eigenvalue weighted by atomic mass is 9.96. The van der Waals surface area contributed by atoms with Gasteiger partial charge in [0.05, 0.1) is 29.3 Å². The number of pyridine rings is 4. The van der Waals surface area contributed by atoms with Crippen LogP contribution in [0.4, 0.5) is 5.69 Å². The standard InChI is InChI=1S/C24H18N6O3/c1-15-17(18-13-25-11-16-5-4-8-28-21(16)18)12-26-14-19(15)30-22(31)24(32,23-29-9-10-33-23)20-6-2-3-7-27-20/h2-14,32H,1H3,(H,30,31)/t24-/m1/s1. The van der Waals surface area contributed by atoms with E-state index in [1.54, 1.807) is 36.9 Å². The molecule has 1 atom stereocenters. The summed E-state index contributed by atoms with van der Waals surface area (Å²) in [4.78, 5) is 34.6. The number of nitrogens with zero attached hydrogens (tertiary/aromatic N) is 5. The fourth-order valence-electron chi connectivity index (χ4n) is 3.63.